The van der Waals surface area contributed by atoms with Crippen LogP contribution in [0.15, 0.2) is 0 Å². The van der Waals surface area contributed by atoms with Gasteiger partial charge in [-0.3, -0.25) is 11.7 Å². The normalized spacial score (nSPS) is 4.67. The first-order chi connectivity index (χ1) is 2.73. The lowest BCUT2D eigenvalue weighted by molar-refractivity contribution is 0.505. The molecular formula is C3H18I2N4. The molecule has 0 bridgehead atoms. The molecule has 0 saturated carbocycles. The molecule has 0 aliphatic carbocycles. The lowest BCUT2D eigenvalue weighted by Crippen LogP contribution is -2.02. The quantitative estimate of drug-likeness (QED) is 0.330. The summed E-state index contributed by atoms with van der Waals surface area (Å²) in [6, 6.07) is 0. The molecule has 9 heavy (non-hydrogen) atoms. The minimum Gasteiger partial charge on any atom is -0.344 e. The van der Waals surface area contributed by atoms with Gasteiger partial charge in [-0.1, -0.05) is 0 Å². The Morgan fingerprint density at radius 3 is 0.889 bits per heavy atom. The highest BCUT2D eigenvalue weighted by molar-refractivity contribution is 14.0. The average molecular weight is 364 g/mol. The highest BCUT2D eigenvalue weighted by atomic mass is 127. The SMILES string of the molecule is CN(C)C.I.I.N.NN. The maximum Gasteiger partial charge on any atom is -0.0140 e. The van der Waals surface area contributed by atoms with Gasteiger partial charge in [-0.2, -0.15) is 0 Å². The van der Waals surface area contributed by atoms with Crippen LogP contribution in [0.4, 0.5) is 0 Å². The van der Waals surface area contributed by atoms with Gasteiger partial charge in [0.25, 0.3) is 0 Å². The van der Waals surface area contributed by atoms with Crippen LogP contribution < -0.4 is 17.8 Å². The lowest BCUT2D eigenvalue weighted by atomic mass is 11.0. The van der Waals surface area contributed by atoms with Gasteiger partial charge in [0.05, 0.1) is 0 Å². The number of hydrogen-bond acceptors (Lipinski definition) is 4. The van der Waals surface area contributed by atoms with Crippen molar-refractivity contribution >= 4 is 48.0 Å². The highest BCUT2D eigenvalue weighted by Gasteiger charge is 1.58. The molecule has 0 aromatic rings. The minimum atomic E-state index is 0. The first-order valence-corrected chi connectivity index (χ1v) is 1.67. The number of hydrogen-bond donors (Lipinski definition) is 3. The first kappa shape index (κ1) is 31.7. The topological polar surface area (TPSA) is 90.3 Å². The molecule has 0 amide bonds. The fourth-order valence-electron chi connectivity index (χ4n) is 0. The summed E-state index contributed by atoms with van der Waals surface area (Å²) >= 11 is 0. The molecule has 0 radical (unpaired) electrons. The summed E-state index contributed by atoms with van der Waals surface area (Å²) in [6.07, 6.45) is 0. The van der Waals surface area contributed by atoms with Crippen LogP contribution in [-0.4, -0.2) is 26.0 Å². The van der Waals surface area contributed by atoms with Crippen LogP contribution in [-0.2, 0) is 0 Å². The van der Waals surface area contributed by atoms with Crippen molar-refractivity contribution in [1.82, 2.24) is 11.1 Å². The van der Waals surface area contributed by atoms with E-state index in [-0.39, 0.29) is 54.1 Å². The number of nitrogens with zero attached hydrogens (tertiary/aromatic N) is 1. The Morgan fingerprint density at radius 2 is 0.889 bits per heavy atom. The zero-order valence-corrected chi connectivity index (χ0v) is 10.8. The van der Waals surface area contributed by atoms with Gasteiger partial charge < -0.3 is 11.1 Å². The maximum atomic E-state index is 4.00. The van der Waals surface area contributed by atoms with E-state index in [0.29, 0.717) is 0 Å². The largest absolute Gasteiger partial charge is 0.344 e. The molecule has 0 heterocycles. The van der Waals surface area contributed by atoms with Crippen molar-refractivity contribution in [3.63, 3.8) is 0 Å². The van der Waals surface area contributed by atoms with Crippen molar-refractivity contribution < 1.29 is 0 Å². The van der Waals surface area contributed by atoms with Crippen molar-refractivity contribution in [2.45, 2.75) is 0 Å². The predicted octanol–water partition coefficient (Wildman–Crippen LogP) is 0.395. The second-order valence-corrected chi connectivity index (χ2v) is 1.34. The van der Waals surface area contributed by atoms with Gasteiger partial charge in [0.2, 0.25) is 0 Å². The third kappa shape index (κ3) is 293. The van der Waals surface area contributed by atoms with Crippen LogP contribution in [0.3, 0.4) is 0 Å². The van der Waals surface area contributed by atoms with Gasteiger partial charge in [0, 0.05) is 0 Å². The Hall–Kier alpha value is 1.30. The average Bonchev–Trinajstić information content (AvgIpc) is 1.41. The maximum absolute atomic E-state index is 4.00. The van der Waals surface area contributed by atoms with Gasteiger partial charge in [0.1, 0.15) is 0 Å². The van der Waals surface area contributed by atoms with E-state index in [2.05, 4.69) is 11.7 Å². The fourth-order valence-corrected chi connectivity index (χ4v) is 0. The molecule has 0 aromatic heterocycles. The van der Waals surface area contributed by atoms with Crippen molar-refractivity contribution in [2.24, 2.45) is 11.7 Å². The molecule has 64 valence electrons. The van der Waals surface area contributed by atoms with Crippen LogP contribution in [0.2, 0.25) is 0 Å². The van der Waals surface area contributed by atoms with E-state index in [1.165, 1.54) is 0 Å². The summed E-state index contributed by atoms with van der Waals surface area (Å²) in [5.74, 6) is 8.00. The molecule has 0 atom stereocenters. The molecule has 4 nitrogen and oxygen atoms in total. The van der Waals surface area contributed by atoms with Crippen LogP contribution in [0.5, 0.6) is 0 Å². The van der Waals surface area contributed by atoms with Gasteiger partial charge in [-0.05, 0) is 21.1 Å². The molecule has 0 rings (SSSR count). The fraction of sp³-hybridized carbons (Fsp3) is 1.00. The molecular weight excluding hydrogens is 346 g/mol. The number of nitrogens with two attached hydrogens (primary N) is 2. The summed E-state index contributed by atoms with van der Waals surface area (Å²) in [7, 11) is 6.00. The molecule has 0 aliphatic rings. The number of hydrazine groups is 1. The first-order valence-electron chi connectivity index (χ1n) is 1.67. The Morgan fingerprint density at radius 1 is 0.889 bits per heavy atom. The Labute approximate surface area is 91.3 Å². The van der Waals surface area contributed by atoms with E-state index >= 15 is 0 Å². The van der Waals surface area contributed by atoms with Crippen molar-refractivity contribution in [2.75, 3.05) is 21.1 Å². The van der Waals surface area contributed by atoms with E-state index in [1.54, 1.807) is 0 Å². The standard InChI is InChI=1S/C3H9N.2HI.H4N2.H3N/c1-4(2)3;;;1-2;/h1-3H3;2*1H;1-2H2;1H3. The van der Waals surface area contributed by atoms with Crippen LogP contribution in [0.25, 0.3) is 0 Å². The summed E-state index contributed by atoms with van der Waals surface area (Å²) in [6.45, 7) is 0. The van der Waals surface area contributed by atoms with E-state index in [9.17, 15) is 0 Å². The zero-order valence-electron chi connectivity index (χ0n) is 6.13. The van der Waals surface area contributed by atoms with Crippen molar-refractivity contribution in [3.05, 3.63) is 0 Å². The number of rotatable bonds is 0. The van der Waals surface area contributed by atoms with Crippen molar-refractivity contribution in [3.8, 4) is 0 Å². The van der Waals surface area contributed by atoms with Gasteiger partial charge >= 0.3 is 0 Å². The summed E-state index contributed by atoms with van der Waals surface area (Å²) in [4.78, 5) is 2.00. The van der Waals surface area contributed by atoms with Gasteiger partial charge in [0.15, 0.2) is 0 Å². The van der Waals surface area contributed by atoms with Crippen LogP contribution >= 0.6 is 48.0 Å². The van der Waals surface area contributed by atoms with Gasteiger partial charge in [-0.15, -0.1) is 48.0 Å². The Balaban J connectivity index is -0.00000000990. The molecule has 0 saturated heterocycles. The third-order valence-electron chi connectivity index (χ3n) is 0. The molecule has 7 N–H and O–H groups in total. The zero-order chi connectivity index (χ0) is 5.58. The summed E-state index contributed by atoms with van der Waals surface area (Å²) in [5.41, 5.74) is 0. The smallest absolute Gasteiger partial charge is 0.0140 e. The predicted molar refractivity (Wildman–Crippen MR) is 63.8 cm³/mol. The van der Waals surface area contributed by atoms with E-state index in [1.807, 2.05) is 26.0 Å². The molecule has 6 heteroatoms. The van der Waals surface area contributed by atoms with Crippen molar-refractivity contribution in [1.29, 1.82) is 0 Å². The highest BCUT2D eigenvalue weighted by Crippen LogP contribution is 1.47. The second-order valence-electron chi connectivity index (χ2n) is 1.34. The van der Waals surface area contributed by atoms with Crippen LogP contribution in [0.1, 0.15) is 0 Å². The van der Waals surface area contributed by atoms with Gasteiger partial charge in [-0.25, -0.2) is 0 Å². The molecule has 0 aromatic carbocycles. The summed E-state index contributed by atoms with van der Waals surface area (Å²) < 4.78 is 0. The molecule has 0 aliphatic heterocycles. The second kappa shape index (κ2) is 34.6. The lowest BCUT2D eigenvalue weighted by Gasteiger charge is -1.90. The minimum absolute atomic E-state index is 0. The van der Waals surface area contributed by atoms with E-state index < -0.39 is 0 Å². The summed E-state index contributed by atoms with van der Waals surface area (Å²) in [5, 5.41) is 0. The van der Waals surface area contributed by atoms with Crippen LogP contribution in [0, 0.1) is 0 Å². The molecule has 0 unspecified atom stereocenters. The monoisotopic (exact) mass is 364 g/mol. The van der Waals surface area contributed by atoms with E-state index in [0.717, 1.165) is 0 Å². The molecule has 0 spiro atoms. The third-order valence-corrected chi connectivity index (χ3v) is 0. The molecule has 0 fully saturated rings. The Bertz CT molecular complexity index is 18.5. The number of halogens is 2. The van der Waals surface area contributed by atoms with E-state index in [4.69, 9.17) is 0 Å². The Kier molecular flexibility index (Phi) is 122.